The first kappa shape index (κ1) is 13.3. The highest BCUT2D eigenvalue weighted by Gasteiger charge is 2.06. The van der Waals surface area contributed by atoms with E-state index in [9.17, 15) is 4.79 Å². The maximum Gasteiger partial charge on any atom is 0.276 e. The van der Waals surface area contributed by atoms with Crippen molar-refractivity contribution in [1.82, 2.24) is 10.9 Å². The molecule has 0 atom stereocenters. The van der Waals surface area contributed by atoms with Gasteiger partial charge >= 0.3 is 0 Å². The van der Waals surface area contributed by atoms with Gasteiger partial charge in [0.05, 0.1) is 0 Å². The number of allylic oxidation sites excluding steroid dienone is 1. The molecule has 1 amide bonds. The highest BCUT2D eigenvalue weighted by atomic mass is 79.9. The minimum Gasteiger partial charge on any atom is -0.484 e. The zero-order valence-corrected chi connectivity index (χ0v) is 12.0. The fourth-order valence-electron chi connectivity index (χ4n) is 1.37. The minimum absolute atomic E-state index is 0.0100. The van der Waals surface area contributed by atoms with Crippen LogP contribution in [-0.2, 0) is 4.79 Å². The van der Waals surface area contributed by atoms with Crippen molar-refractivity contribution in [2.45, 2.75) is 6.42 Å². The van der Waals surface area contributed by atoms with Crippen LogP contribution in [0, 0.1) is 0 Å². The fourth-order valence-corrected chi connectivity index (χ4v) is 2.58. The van der Waals surface area contributed by atoms with Gasteiger partial charge in [-0.2, -0.15) is 0 Å². The Morgan fingerprint density at radius 1 is 1.50 bits per heavy atom. The highest BCUT2D eigenvalue weighted by Crippen LogP contribution is 2.19. The third-order valence-electron chi connectivity index (χ3n) is 2.24. The molecular formula is C12H13BrN2O2S. The minimum atomic E-state index is -0.201. The van der Waals surface area contributed by atoms with Crippen LogP contribution in [0.2, 0.25) is 0 Å². The number of carbonyl (C=O) groups excluding carboxylic acids is 1. The zero-order chi connectivity index (χ0) is 12.8. The van der Waals surface area contributed by atoms with Gasteiger partial charge in [-0.15, -0.1) is 11.8 Å². The molecule has 0 aliphatic carbocycles. The Morgan fingerprint density at radius 2 is 2.39 bits per heavy atom. The summed E-state index contributed by atoms with van der Waals surface area (Å²) in [7, 11) is 0. The molecule has 2 N–H and O–H groups in total. The number of hydrazine groups is 1. The maximum absolute atomic E-state index is 11.5. The Balaban J connectivity index is 1.71. The van der Waals surface area contributed by atoms with Crippen molar-refractivity contribution in [2.75, 3.05) is 12.4 Å². The predicted octanol–water partition coefficient (Wildman–Crippen LogP) is 2.43. The molecule has 0 saturated carbocycles. The Labute approximate surface area is 118 Å². The van der Waals surface area contributed by atoms with Gasteiger partial charge in [0.2, 0.25) is 0 Å². The van der Waals surface area contributed by atoms with Crippen molar-refractivity contribution in [1.29, 1.82) is 0 Å². The second-order valence-corrected chi connectivity index (χ2v) is 5.58. The van der Waals surface area contributed by atoms with Crippen molar-refractivity contribution >= 4 is 33.6 Å². The molecule has 1 aliphatic heterocycles. The maximum atomic E-state index is 11.5. The van der Waals surface area contributed by atoms with E-state index in [1.54, 1.807) is 11.8 Å². The molecular weight excluding hydrogens is 316 g/mol. The van der Waals surface area contributed by atoms with Crippen LogP contribution in [0.4, 0.5) is 0 Å². The molecule has 4 nitrogen and oxygen atoms in total. The van der Waals surface area contributed by atoms with Gasteiger partial charge in [0.1, 0.15) is 5.75 Å². The summed E-state index contributed by atoms with van der Waals surface area (Å²) in [4.78, 5) is 11.5. The molecule has 0 bridgehead atoms. The van der Waals surface area contributed by atoms with Gasteiger partial charge in [-0.05, 0) is 30.0 Å². The fraction of sp³-hybridized carbons (Fsp3) is 0.250. The van der Waals surface area contributed by atoms with Crippen LogP contribution in [-0.4, -0.2) is 18.3 Å². The van der Waals surface area contributed by atoms with Crippen LogP contribution in [0.25, 0.3) is 0 Å². The second kappa shape index (κ2) is 6.70. The second-order valence-electron chi connectivity index (χ2n) is 3.68. The van der Waals surface area contributed by atoms with Crippen molar-refractivity contribution < 1.29 is 9.53 Å². The quantitative estimate of drug-likeness (QED) is 0.815. The standard InChI is InChI=1S/C12H13BrN2O2S/c13-9-2-1-3-11(6-9)17-7-12(16)15-14-10-4-5-18-8-10/h1-3,6,8,14H,4-5,7H2,(H,15,16). The molecule has 0 spiro atoms. The molecule has 1 aromatic carbocycles. The summed E-state index contributed by atoms with van der Waals surface area (Å²) in [5, 5.41) is 2.01. The zero-order valence-electron chi connectivity index (χ0n) is 9.61. The Morgan fingerprint density at radius 3 is 3.11 bits per heavy atom. The van der Waals surface area contributed by atoms with Crippen LogP contribution in [0.15, 0.2) is 39.8 Å². The molecule has 18 heavy (non-hydrogen) atoms. The lowest BCUT2D eigenvalue weighted by Crippen LogP contribution is -2.39. The lowest BCUT2D eigenvalue weighted by atomic mass is 10.3. The summed E-state index contributed by atoms with van der Waals surface area (Å²) in [5.74, 6) is 1.52. The monoisotopic (exact) mass is 328 g/mol. The number of ether oxygens (including phenoxy) is 1. The lowest BCUT2D eigenvalue weighted by molar-refractivity contribution is -0.123. The van der Waals surface area contributed by atoms with Crippen molar-refractivity contribution in [3.8, 4) is 5.75 Å². The topological polar surface area (TPSA) is 50.4 Å². The first-order valence-electron chi connectivity index (χ1n) is 5.48. The normalized spacial score (nSPS) is 13.9. The van der Waals surface area contributed by atoms with E-state index in [-0.39, 0.29) is 12.5 Å². The van der Waals surface area contributed by atoms with Gasteiger partial charge in [0.15, 0.2) is 6.61 Å². The van der Waals surface area contributed by atoms with Crippen molar-refractivity contribution in [3.05, 3.63) is 39.8 Å². The van der Waals surface area contributed by atoms with Gasteiger partial charge in [0, 0.05) is 15.9 Å². The Hall–Kier alpha value is -1.14. The lowest BCUT2D eigenvalue weighted by Gasteiger charge is -2.10. The van der Waals surface area contributed by atoms with Crippen LogP contribution >= 0.6 is 27.7 Å². The Bertz CT molecular complexity index is 465. The van der Waals surface area contributed by atoms with E-state index in [2.05, 4.69) is 26.8 Å². The first-order valence-corrected chi connectivity index (χ1v) is 7.32. The molecule has 1 heterocycles. The van der Waals surface area contributed by atoms with E-state index < -0.39 is 0 Å². The van der Waals surface area contributed by atoms with Crippen LogP contribution in [0.3, 0.4) is 0 Å². The molecule has 6 heteroatoms. The molecule has 1 aromatic rings. The van der Waals surface area contributed by atoms with Gasteiger partial charge in [-0.1, -0.05) is 22.0 Å². The molecule has 0 fully saturated rings. The van der Waals surface area contributed by atoms with Crippen molar-refractivity contribution in [2.24, 2.45) is 0 Å². The summed E-state index contributed by atoms with van der Waals surface area (Å²) in [5.41, 5.74) is 6.52. The predicted molar refractivity (Wildman–Crippen MR) is 76.1 cm³/mol. The number of carbonyl (C=O) groups is 1. The van der Waals surface area contributed by atoms with E-state index in [0.717, 1.165) is 22.3 Å². The van der Waals surface area contributed by atoms with Gasteiger partial charge in [0.25, 0.3) is 5.91 Å². The van der Waals surface area contributed by atoms with Crippen molar-refractivity contribution in [3.63, 3.8) is 0 Å². The summed E-state index contributed by atoms with van der Waals surface area (Å²) in [6.45, 7) is -0.0100. The average molecular weight is 329 g/mol. The summed E-state index contributed by atoms with van der Waals surface area (Å²) in [6, 6.07) is 7.38. The number of nitrogens with one attached hydrogen (secondary N) is 2. The van der Waals surface area contributed by atoms with E-state index in [1.807, 2.05) is 29.7 Å². The van der Waals surface area contributed by atoms with E-state index in [4.69, 9.17) is 4.74 Å². The van der Waals surface area contributed by atoms with Crippen LogP contribution in [0.5, 0.6) is 5.75 Å². The van der Waals surface area contributed by atoms with E-state index >= 15 is 0 Å². The average Bonchev–Trinajstić information content (AvgIpc) is 2.87. The smallest absolute Gasteiger partial charge is 0.276 e. The number of halogens is 1. The summed E-state index contributed by atoms with van der Waals surface area (Å²) in [6.07, 6.45) is 0.956. The van der Waals surface area contributed by atoms with Crippen LogP contribution in [0.1, 0.15) is 6.42 Å². The third kappa shape index (κ3) is 4.27. The first-order chi connectivity index (χ1) is 8.74. The molecule has 0 unspecified atom stereocenters. The molecule has 1 aliphatic rings. The third-order valence-corrected chi connectivity index (χ3v) is 3.63. The van der Waals surface area contributed by atoms with E-state index in [0.29, 0.717) is 5.75 Å². The molecule has 0 saturated heterocycles. The highest BCUT2D eigenvalue weighted by molar-refractivity contribution is 9.10. The molecule has 0 aromatic heterocycles. The summed E-state index contributed by atoms with van der Waals surface area (Å²) >= 11 is 5.08. The SMILES string of the molecule is O=C(COc1cccc(Br)c1)NNC1=CSCC1. The van der Waals surface area contributed by atoms with Gasteiger partial charge in [-0.25, -0.2) is 0 Å². The van der Waals surface area contributed by atoms with Gasteiger partial charge < -0.3 is 10.2 Å². The molecule has 0 radical (unpaired) electrons. The van der Waals surface area contributed by atoms with Gasteiger partial charge in [-0.3, -0.25) is 10.2 Å². The summed E-state index contributed by atoms with van der Waals surface area (Å²) < 4.78 is 6.28. The molecule has 96 valence electrons. The van der Waals surface area contributed by atoms with Crippen LogP contribution < -0.4 is 15.6 Å². The molecule has 2 rings (SSSR count). The number of rotatable bonds is 5. The van der Waals surface area contributed by atoms with E-state index in [1.165, 1.54) is 0 Å². The largest absolute Gasteiger partial charge is 0.484 e. The number of thioether (sulfide) groups is 1. The Kier molecular flexibility index (Phi) is 4.95. The number of hydrogen-bond acceptors (Lipinski definition) is 4. The number of hydrogen-bond donors (Lipinski definition) is 2. The number of benzene rings is 1. The number of amides is 1.